The van der Waals surface area contributed by atoms with Crippen molar-refractivity contribution in [3.05, 3.63) is 33.8 Å². The van der Waals surface area contributed by atoms with Crippen molar-refractivity contribution >= 4 is 52.1 Å². The number of fused-ring (bicyclic) bond motifs is 1. The summed E-state index contributed by atoms with van der Waals surface area (Å²) in [4.78, 5) is 52.5. The first kappa shape index (κ1) is 23.8. The SMILES string of the molecule is CCC(Cc1cnc2nc(N)nc(N)c2n1)c1ccc(C(=O)NC(CCC(=O)O)C(=O)O)s1. The van der Waals surface area contributed by atoms with Gasteiger partial charge in [0.15, 0.2) is 17.0 Å². The molecule has 3 rings (SSSR count). The quantitative estimate of drug-likeness (QED) is 0.284. The van der Waals surface area contributed by atoms with Gasteiger partial charge in [-0.2, -0.15) is 9.97 Å². The molecule has 0 aliphatic rings. The molecule has 3 aromatic heterocycles. The number of nitrogen functional groups attached to an aromatic ring is 2. The molecule has 0 saturated heterocycles. The van der Waals surface area contributed by atoms with Gasteiger partial charge in [-0.25, -0.2) is 14.8 Å². The average Bonchev–Trinajstić information content (AvgIpc) is 3.25. The van der Waals surface area contributed by atoms with Crippen LogP contribution in [0.4, 0.5) is 11.8 Å². The van der Waals surface area contributed by atoms with Crippen molar-refractivity contribution in [3.8, 4) is 0 Å². The summed E-state index contributed by atoms with van der Waals surface area (Å²) in [7, 11) is 0. The van der Waals surface area contributed by atoms with Gasteiger partial charge in [0.2, 0.25) is 5.95 Å². The Hall–Kier alpha value is -3.87. The zero-order valence-corrected chi connectivity index (χ0v) is 18.5. The van der Waals surface area contributed by atoms with Gasteiger partial charge in [-0.3, -0.25) is 9.59 Å². The van der Waals surface area contributed by atoms with E-state index in [4.69, 9.17) is 16.6 Å². The van der Waals surface area contributed by atoms with E-state index in [1.165, 1.54) is 11.3 Å². The second-order valence-electron chi connectivity index (χ2n) is 7.31. The lowest BCUT2D eigenvalue weighted by Gasteiger charge is -2.14. The molecule has 2 unspecified atom stereocenters. The monoisotopic (exact) mass is 473 g/mol. The molecule has 0 saturated carbocycles. The van der Waals surface area contributed by atoms with Crippen molar-refractivity contribution in [1.82, 2.24) is 25.3 Å². The minimum atomic E-state index is -1.28. The fraction of sp³-hybridized carbons (Fsp3) is 0.350. The van der Waals surface area contributed by atoms with Gasteiger partial charge in [0.1, 0.15) is 6.04 Å². The number of hydrogen-bond donors (Lipinski definition) is 5. The topological polar surface area (TPSA) is 207 Å². The van der Waals surface area contributed by atoms with E-state index in [-0.39, 0.29) is 30.5 Å². The van der Waals surface area contributed by atoms with Crippen LogP contribution in [-0.4, -0.2) is 54.0 Å². The molecule has 1 amide bonds. The first-order valence-electron chi connectivity index (χ1n) is 10.1. The summed E-state index contributed by atoms with van der Waals surface area (Å²) in [6.07, 6.45) is 2.32. The number of rotatable bonds is 10. The number of thiophene rings is 1. The van der Waals surface area contributed by atoms with Gasteiger partial charge in [0, 0.05) is 11.3 Å². The van der Waals surface area contributed by atoms with E-state index in [2.05, 4.69) is 25.3 Å². The smallest absolute Gasteiger partial charge is 0.326 e. The molecule has 0 aliphatic carbocycles. The average molecular weight is 474 g/mol. The molecule has 7 N–H and O–H groups in total. The van der Waals surface area contributed by atoms with E-state index in [0.29, 0.717) is 28.2 Å². The number of carboxylic acid groups (broad SMARTS) is 2. The largest absolute Gasteiger partial charge is 0.481 e. The molecule has 0 aliphatic heterocycles. The Bertz CT molecular complexity index is 1200. The van der Waals surface area contributed by atoms with Gasteiger partial charge in [0.05, 0.1) is 16.8 Å². The van der Waals surface area contributed by atoms with Crippen LogP contribution < -0.4 is 16.8 Å². The predicted molar refractivity (Wildman–Crippen MR) is 121 cm³/mol. The van der Waals surface area contributed by atoms with E-state index >= 15 is 0 Å². The summed E-state index contributed by atoms with van der Waals surface area (Å²) in [5, 5.41) is 20.4. The van der Waals surface area contributed by atoms with Crippen LogP contribution in [-0.2, 0) is 16.0 Å². The summed E-state index contributed by atoms with van der Waals surface area (Å²) < 4.78 is 0. The number of carbonyl (C=O) groups excluding carboxylic acids is 1. The number of nitrogens with zero attached hydrogens (tertiary/aromatic N) is 4. The molecular weight excluding hydrogens is 450 g/mol. The number of carboxylic acids is 2. The first-order chi connectivity index (χ1) is 15.7. The molecule has 0 fully saturated rings. The molecule has 3 heterocycles. The zero-order valence-electron chi connectivity index (χ0n) is 17.7. The third-order valence-electron chi connectivity index (χ3n) is 4.95. The Morgan fingerprint density at radius 1 is 1.15 bits per heavy atom. The second kappa shape index (κ2) is 10.2. The van der Waals surface area contributed by atoms with Crippen LogP contribution in [0.1, 0.15) is 52.3 Å². The molecule has 12 nitrogen and oxygen atoms in total. The molecule has 0 aromatic carbocycles. The van der Waals surface area contributed by atoms with Crippen LogP contribution >= 0.6 is 11.3 Å². The first-order valence-corrected chi connectivity index (χ1v) is 10.9. The van der Waals surface area contributed by atoms with Gasteiger partial charge in [-0.1, -0.05) is 6.92 Å². The maximum atomic E-state index is 12.5. The highest BCUT2D eigenvalue weighted by Gasteiger charge is 2.23. The van der Waals surface area contributed by atoms with E-state index in [1.54, 1.807) is 12.3 Å². The highest BCUT2D eigenvalue weighted by atomic mass is 32.1. The lowest BCUT2D eigenvalue weighted by molar-refractivity contribution is -0.140. The van der Waals surface area contributed by atoms with Crippen molar-refractivity contribution in [2.45, 2.75) is 44.6 Å². The maximum Gasteiger partial charge on any atom is 0.326 e. The number of aromatic nitrogens is 4. The molecule has 0 spiro atoms. The van der Waals surface area contributed by atoms with Crippen molar-refractivity contribution in [2.24, 2.45) is 0 Å². The number of anilines is 2. The highest BCUT2D eigenvalue weighted by molar-refractivity contribution is 7.14. The summed E-state index contributed by atoms with van der Waals surface area (Å²) >= 11 is 1.24. The lowest BCUT2D eigenvalue weighted by atomic mass is 9.99. The number of hydrogen-bond acceptors (Lipinski definition) is 10. The number of carbonyl (C=O) groups is 3. The minimum Gasteiger partial charge on any atom is -0.481 e. The Balaban J connectivity index is 1.73. The fourth-order valence-electron chi connectivity index (χ4n) is 3.23. The van der Waals surface area contributed by atoms with E-state index in [9.17, 15) is 19.5 Å². The molecule has 2 atom stereocenters. The summed E-state index contributed by atoms with van der Waals surface area (Å²) in [6, 6.07) is 2.15. The zero-order chi connectivity index (χ0) is 24.1. The molecule has 174 valence electrons. The summed E-state index contributed by atoms with van der Waals surface area (Å²) in [5.41, 5.74) is 12.8. The number of nitrogens with one attached hydrogen (secondary N) is 1. The standard InChI is InChI=1S/C20H23N7O5S/c1-2-9(7-10-8-23-17-15(24-10)16(21)26-20(22)27-17)12-4-5-13(33-12)18(30)25-11(19(31)32)3-6-14(28)29/h4-5,8-9,11H,2-3,6-7H2,1H3,(H,25,30)(H,28,29)(H,31,32)(H4,21,22,23,26,27). The van der Waals surface area contributed by atoms with Crippen molar-refractivity contribution < 1.29 is 24.6 Å². The van der Waals surface area contributed by atoms with Crippen LogP contribution in [0.15, 0.2) is 18.3 Å². The summed E-state index contributed by atoms with van der Waals surface area (Å²) in [5.74, 6) is -2.79. The van der Waals surface area contributed by atoms with Crippen LogP contribution in [0.2, 0.25) is 0 Å². The second-order valence-corrected chi connectivity index (χ2v) is 8.42. The number of aliphatic carboxylic acids is 2. The molecule has 13 heteroatoms. The Morgan fingerprint density at radius 3 is 2.58 bits per heavy atom. The third-order valence-corrected chi connectivity index (χ3v) is 6.20. The number of nitrogens with two attached hydrogens (primary N) is 2. The van der Waals surface area contributed by atoms with E-state index in [0.717, 1.165) is 11.3 Å². The van der Waals surface area contributed by atoms with E-state index in [1.807, 2.05) is 13.0 Å². The third kappa shape index (κ3) is 5.88. The Labute approximate surface area is 192 Å². The van der Waals surface area contributed by atoms with Crippen LogP contribution in [0, 0.1) is 0 Å². The minimum absolute atomic E-state index is 0.0194. The molecule has 0 bridgehead atoms. The van der Waals surface area contributed by atoms with Gasteiger partial charge in [-0.15, -0.1) is 11.3 Å². The van der Waals surface area contributed by atoms with Gasteiger partial charge in [0.25, 0.3) is 5.91 Å². The molecule has 33 heavy (non-hydrogen) atoms. The van der Waals surface area contributed by atoms with Crippen LogP contribution in [0.25, 0.3) is 11.2 Å². The van der Waals surface area contributed by atoms with Crippen LogP contribution in [0.5, 0.6) is 0 Å². The van der Waals surface area contributed by atoms with Gasteiger partial charge >= 0.3 is 11.9 Å². The Kier molecular flexibility index (Phi) is 7.33. The fourth-order valence-corrected chi connectivity index (χ4v) is 4.32. The number of amides is 1. The highest BCUT2D eigenvalue weighted by Crippen LogP contribution is 2.30. The Morgan fingerprint density at radius 2 is 1.91 bits per heavy atom. The van der Waals surface area contributed by atoms with Crippen LogP contribution in [0.3, 0.4) is 0 Å². The normalized spacial score (nSPS) is 12.9. The predicted octanol–water partition coefficient (Wildman–Crippen LogP) is 1.43. The van der Waals surface area contributed by atoms with Crippen molar-refractivity contribution in [3.63, 3.8) is 0 Å². The lowest BCUT2D eigenvalue weighted by Crippen LogP contribution is -2.40. The maximum absolute atomic E-state index is 12.5. The van der Waals surface area contributed by atoms with Gasteiger partial charge < -0.3 is 27.0 Å². The molecule has 3 aromatic rings. The molecule has 0 radical (unpaired) electrons. The van der Waals surface area contributed by atoms with E-state index < -0.39 is 23.9 Å². The summed E-state index contributed by atoms with van der Waals surface area (Å²) in [6.45, 7) is 2.00. The van der Waals surface area contributed by atoms with Crippen molar-refractivity contribution in [1.29, 1.82) is 0 Å². The van der Waals surface area contributed by atoms with Gasteiger partial charge in [-0.05, 0) is 37.3 Å². The molecular formula is C20H23N7O5S. The van der Waals surface area contributed by atoms with Crippen molar-refractivity contribution in [2.75, 3.05) is 11.5 Å².